The van der Waals surface area contributed by atoms with E-state index in [1.807, 2.05) is 6.92 Å². The maximum Gasteiger partial charge on any atom is 0.148 e. The Morgan fingerprint density at radius 3 is 2.47 bits per heavy atom. The summed E-state index contributed by atoms with van der Waals surface area (Å²) in [5.74, 6) is 7.27. The van der Waals surface area contributed by atoms with Gasteiger partial charge in [-0.15, -0.1) is 0 Å². The molecular formula is C11H21N5O. The Balaban J connectivity index is 2.90. The van der Waals surface area contributed by atoms with E-state index in [4.69, 9.17) is 10.9 Å². The molecule has 17 heavy (non-hydrogen) atoms. The molecule has 6 nitrogen and oxygen atoms in total. The normalized spacial score (nSPS) is 12.6. The predicted octanol–water partition coefficient (Wildman–Crippen LogP) is 0.926. The highest BCUT2D eigenvalue weighted by atomic mass is 16.3. The quantitative estimate of drug-likeness (QED) is 0.435. The monoisotopic (exact) mass is 239 g/mol. The van der Waals surface area contributed by atoms with E-state index in [-0.39, 0.29) is 18.4 Å². The average Bonchev–Trinajstić information content (AvgIpc) is 2.34. The molecule has 0 aliphatic rings. The van der Waals surface area contributed by atoms with Crippen LogP contribution in [0.5, 0.6) is 0 Å². The summed E-state index contributed by atoms with van der Waals surface area (Å²) in [6, 6.07) is 0. The van der Waals surface area contributed by atoms with Crippen molar-refractivity contribution in [2.45, 2.75) is 26.7 Å². The van der Waals surface area contributed by atoms with Crippen molar-refractivity contribution in [1.29, 1.82) is 0 Å². The summed E-state index contributed by atoms with van der Waals surface area (Å²) in [4.78, 5) is 8.31. The fraction of sp³-hybridized carbons (Fsp3) is 0.636. The highest BCUT2D eigenvalue weighted by molar-refractivity contribution is 5.58. The number of nitrogens with one attached hydrogen (secondary N) is 2. The van der Waals surface area contributed by atoms with Gasteiger partial charge < -0.3 is 15.8 Å². The number of aromatic nitrogens is 2. The van der Waals surface area contributed by atoms with Crippen LogP contribution in [-0.4, -0.2) is 28.2 Å². The number of hydrogen-bond acceptors (Lipinski definition) is 6. The summed E-state index contributed by atoms with van der Waals surface area (Å²) in [6.45, 7) is 6.89. The molecule has 0 saturated heterocycles. The smallest absolute Gasteiger partial charge is 0.148 e. The van der Waals surface area contributed by atoms with Crippen molar-refractivity contribution in [3.63, 3.8) is 0 Å². The third-order valence-electron chi connectivity index (χ3n) is 2.53. The summed E-state index contributed by atoms with van der Waals surface area (Å²) in [6.07, 6.45) is 1.47. The standard InChI is InChI=1S/C11H21N5O/c1-7(2)9-10(13-4-8(3)5-17)14-6-15-11(9)16-12/h6-8,17H,4-5,12H2,1-3H3,(H2,13,14,15,16). The van der Waals surface area contributed by atoms with Gasteiger partial charge in [-0.05, 0) is 11.8 Å². The molecule has 0 spiro atoms. The number of hydrogen-bond donors (Lipinski definition) is 4. The van der Waals surface area contributed by atoms with E-state index < -0.39 is 0 Å². The topological polar surface area (TPSA) is 96.1 Å². The van der Waals surface area contributed by atoms with Crippen LogP contribution in [0.15, 0.2) is 6.33 Å². The minimum absolute atomic E-state index is 0.150. The second kappa shape index (κ2) is 6.36. The zero-order valence-electron chi connectivity index (χ0n) is 10.6. The van der Waals surface area contributed by atoms with Crippen LogP contribution >= 0.6 is 0 Å². The van der Waals surface area contributed by atoms with Crippen molar-refractivity contribution in [3.05, 3.63) is 11.9 Å². The van der Waals surface area contributed by atoms with Gasteiger partial charge >= 0.3 is 0 Å². The molecule has 0 fully saturated rings. The molecule has 1 aromatic heterocycles. The minimum Gasteiger partial charge on any atom is -0.396 e. The van der Waals surface area contributed by atoms with E-state index in [1.54, 1.807) is 0 Å². The molecule has 6 heteroatoms. The van der Waals surface area contributed by atoms with Crippen molar-refractivity contribution in [1.82, 2.24) is 9.97 Å². The molecule has 0 aliphatic carbocycles. The molecule has 0 amide bonds. The molecule has 0 aliphatic heterocycles. The lowest BCUT2D eigenvalue weighted by atomic mass is 10.0. The second-order valence-corrected chi connectivity index (χ2v) is 4.45. The number of anilines is 2. The van der Waals surface area contributed by atoms with Gasteiger partial charge in [-0.1, -0.05) is 20.8 Å². The van der Waals surface area contributed by atoms with E-state index >= 15 is 0 Å². The Kier molecular flexibility index (Phi) is 5.11. The molecule has 1 unspecified atom stereocenters. The van der Waals surface area contributed by atoms with Crippen molar-refractivity contribution in [2.24, 2.45) is 11.8 Å². The largest absolute Gasteiger partial charge is 0.396 e. The second-order valence-electron chi connectivity index (χ2n) is 4.45. The Morgan fingerprint density at radius 2 is 1.94 bits per heavy atom. The van der Waals surface area contributed by atoms with Gasteiger partial charge in [0.15, 0.2) is 0 Å². The predicted molar refractivity (Wildman–Crippen MR) is 68.7 cm³/mol. The maximum absolute atomic E-state index is 8.99. The Morgan fingerprint density at radius 1 is 1.29 bits per heavy atom. The zero-order chi connectivity index (χ0) is 12.8. The van der Waals surface area contributed by atoms with Crippen LogP contribution in [0.25, 0.3) is 0 Å². The molecule has 96 valence electrons. The lowest BCUT2D eigenvalue weighted by molar-refractivity contribution is 0.244. The minimum atomic E-state index is 0.150. The lowest BCUT2D eigenvalue weighted by Crippen LogP contribution is -2.19. The number of aliphatic hydroxyl groups excluding tert-OH is 1. The Bertz CT molecular complexity index is 356. The first-order valence-corrected chi connectivity index (χ1v) is 5.76. The average molecular weight is 239 g/mol. The number of rotatable bonds is 6. The number of hydrazine groups is 1. The van der Waals surface area contributed by atoms with Gasteiger partial charge in [0.1, 0.15) is 18.0 Å². The van der Waals surface area contributed by atoms with Crippen LogP contribution in [0.4, 0.5) is 11.6 Å². The van der Waals surface area contributed by atoms with Crippen molar-refractivity contribution in [3.8, 4) is 0 Å². The molecule has 5 N–H and O–H groups in total. The van der Waals surface area contributed by atoms with Gasteiger partial charge in [0, 0.05) is 18.7 Å². The van der Waals surface area contributed by atoms with Crippen LogP contribution in [-0.2, 0) is 0 Å². The van der Waals surface area contributed by atoms with Crippen LogP contribution < -0.4 is 16.6 Å². The van der Waals surface area contributed by atoms with Gasteiger partial charge in [-0.2, -0.15) is 0 Å². The first kappa shape index (κ1) is 13.7. The van der Waals surface area contributed by atoms with E-state index in [9.17, 15) is 0 Å². The fourth-order valence-electron chi connectivity index (χ4n) is 1.53. The molecule has 0 radical (unpaired) electrons. The number of nitrogen functional groups attached to an aromatic ring is 1. The number of aliphatic hydroxyl groups is 1. The van der Waals surface area contributed by atoms with Gasteiger partial charge in [0.2, 0.25) is 0 Å². The lowest BCUT2D eigenvalue weighted by Gasteiger charge is -2.17. The molecule has 0 aromatic carbocycles. The van der Waals surface area contributed by atoms with Crippen molar-refractivity contribution in [2.75, 3.05) is 23.9 Å². The van der Waals surface area contributed by atoms with E-state index in [2.05, 4.69) is 34.6 Å². The molecule has 0 saturated carbocycles. The van der Waals surface area contributed by atoms with Crippen LogP contribution in [0.1, 0.15) is 32.3 Å². The number of nitrogens with zero attached hydrogens (tertiary/aromatic N) is 2. The molecule has 1 rings (SSSR count). The van der Waals surface area contributed by atoms with E-state index in [0.717, 1.165) is 11.4 Å². The van der Waals surface area contributed by atoms with Gasteiger partial charge in [-0.3, -0.25) is 0 Å². The molecular weight excluding hydrogens is 218 g/mol. The summed E-state index contributed by atoms with van der Waals surface area (Å²) in [5, 5.41) is 12.2. The van der Waals surface area contributed by atoms with Gasteiger partial charge in [0.25, 0.3) is 0 Å². The Labute approximate surface area is 102 Å². The zero-order valence-corrected chi connectivity index (χ0v) is 10.6. The Hall–Kier alpha value is -1.40. The maximum atomic E-state index is 8.99. The van der Waals surface area contributed by atoms with Crippen LogP contribution in [0, 0.1) is 5.92 Å². The summed E-state index contributed by atoms with van der Waals surface area (Å²) in [7, 11) is 0. The SMILES string of the molecule is CC(CO)CNc1ncnc(NN)c1C(C)C. The van der Waals surface area contributed by atoms with Crippen molar-refractivity contribution >= 4 is 11.6 Å². The third kappa shape index (κ3) is 3.54. The summed E-state index contributed by atoms with van der Waals surface area (Å²) in [5.41, 5.74) is 3.54. The summed E-state index contributed by atoms with van der Waals surface area (Å²) >= 11 is 0. The van der Waals surface area contributed by atoms with Crippen molar-refractivity contribution < 1.29 is 5.11 Å². The molecule has 0 bridgehead atoms. The molecule has 1 aromatic rings. The third-order valence-corrected chi connectivity index (χ3v) is 2.53. The first-order valence-electron chi connectivity index (χ1n) is 5.76. The highest BCUT2D eigenvalue weighted by Gasteiger charge is 2.14. The molecule has 1 atom stereocenters. The van der Waals surface area contributed by atoms with Gasteiger partial charge in [0.05, 0.1) is 0 Å². The van der Waals surface area contributed by atoms with E-state index in [1.165, 1.54) is 6.33 Å². The number of nitrogens with two attached hydrogens (primary N) is 1. The van der Waals surface area contributed by atoms with Gasteiger partial charge in [-0.25, -0.2) is 15.8 Å². The van der Waals surface area contributed by atoms with Crippen LogP contribution in [0.2, 0.25) is 0 Å². The van der Waals surface area contributed by atoms with Crippen LogP contribution in [0.3, 0.4) is 0 Å². The fourth-order valence-corrected chi connectivity index (χ4v) is 1.53. The van der Waals surface area contributed by atoms with E-state index in [0.29, 0.717) is 12.4 Å². The highest BCUT2D eigenvalue weighted by Crippen LogP contribution is 2.27. The summed E-state index contributed by atoms with van der Waals surface area (Å²) < 4.78 is 0. The first-order chi connectivity index (χ1) is 8.10. The molecule has 1 heterocycles.